The van der Waals surface area contributed by atoms with Crippen molar-refractivity contribution in [3.63, 3.8) is 0 Å². The Bertz CT molecular complexity index is 443. The monoisotopic (exact) mass is 249 g/mol. The molecule has 1 aromatic carbocycles. The van der Waals surface area contributed by atoms with Crippen LogP contribution in [0.25, 0.3) is 0 Å². The summed E-state index contributed by atoms with van der Waals surface area (Å²) in [5.41, 5.74) is 1.28. The minimum absolute atomic E-state index is 0.0752. The van der Waals surface area contributed by atoms with Crippen LogP contribution >= 0.6 is 0 Å². The number of fused-ring (bicyclic) bond motifs is 1. The van der Waals surface area contributed by atoms with Crippen LogP contribution in [0.3, 0.4) is 0 Å². The lowest BCUT2D eigenvalue weighted by Crippen LogP contribution is -2.58. The fourth-order valence-electron chi connectivity index (χ4n) is 3.26. The average Bonchev–Trinajstić information content (AvgIpc) is 2.25. The molecule has 0 radical (unpaired) electrons. The molecule has 3 heteroatoms. The summed E-state index contributed by atoms with van der Waals surface area (Å²) in [6.07, 6.45) is 2.49. The van der Waals surface area contributed by atoms with E-state index >= 15 is 0 Å². The first-order chi connectivity index (χ1) is 8.10. The fraction of sp³-hybridized carbons (Fsp3) is 0.571. The van der Waals surface area contributed by atoms with Crippen LogP contribution in [0.15, 0.2) is 30.3 Å². The second-order valence-electron chi connectivity index (χ2n) is 5.73. The zero-order chi connectivity index (χ0) is 12.0. The maximum Gasteiger partial charge on any atom is 0.0981 e. The number of hydrogen-bond acceptors (Lipinski definition) is 1. The number of rotatable bonds is 1. The van der Waals surface area contributed by atoms with E-state index in [1.54, 1.807) is 0 Å². The van der Waals surface area contributed by atoms with Gasteiger partial charge in [-0.1, -0.05) is 30.3 Å². The molecule has 1 aromatic rings. The summed E-state index contributed by atoms with van der Waals surface area (Å²) >= 11 is 0. The second kappa shape index (κ2) is 3.92. The van der Waals surface area contributed by atoms with Crippen LogP contribution in [-0.4, -0.2) is 8.96 Å². The molecule has 2 fully saturated rings. The molecule has 92 valence electrons. The lowest BCUT2D eigenvalue weighted by atomic mass is 9.63. The van der Waals surface area contributed by atoms with Crippen LogP contribution in [0.4, 0.5) is 0 Å². The van der Waals surface area contributed by atoms with Crippen LogP contribution in [0.1, 0.15) is 38.3 Å². The summed E-state index contributed by atoms with van der Waals surface area (Å²) in [6.45, 7) is 4.27. The molecule has 1 heterocycles. The van der Waals surface area contributed by atoms with Crippen molar-refractivity contribution in [2.24, 2.45) is 11.8 Å². The molecule has 2 aliphatic rings. The van der Waals surface area contributed by atoms with Gasteiger partial charge in [-0.3, -0.25) is 0 Å². The third-order valence-electron chi connectivity index (χ3n) is 4.52. The molecule has 2 nitrogen and oxygen atoms in total. The Labute approximate surface area is 105 Å². The quantitative estimate of drug-likeness (QED) is 0.814. The van der Waals surface area contributed by atoms with Crippen molar-refractivity contribution in [3.05, 3.63) is 35.9 Å². The predicted octanol–water partition coefficient (Wildman–Crippen LogP) is 2.80. The molecule has 0 aromatic heterocycles. The summed E-state index contributed by atoms with van der Waals surface area (Å²) in [5, 5.41) is 0. The molecule has 1 aliphatic heterocycles. The smallest absolute Gasteiger partial charge is 0.0981 e. The molecule has 1 saturated heterocycles. The van der Waals surface area contributed by atoms with Gasteiger partial charge in [0.1, 0.15) is 0 Å². The van der Waals surface area contributed by atoms with Gasteiger partial charge in [-0.2, -0.15) is 0 Å². The summed E-state index contributed by atoms with van der Waals surface area (Å²) in [6, 6.07) is 10.7. The molecule has 4 atom stereocenters. The van der Waals surface area contributed by atoms with Crippen molar-refractivity contribution < 1.29 is 4.21 Å². The molecule has 1 aliphatic carbocycles. The first-order valence-corrected chi connectivity index (χ1v) is 7.48. The van der Waals surface area contributed by atoms with E-state index in [2.05, 4.69) is 42.8 Å². The summed E-state index contributed by atoms with van der Waals surface area (Å²) in [4.78, 5) is 0. The highest BCUT2D eigenvalue weighted by Gasteiger charge is 2.53. The van der Waals surface area contributed by atoms with Gasteiger partial charge < -0.3 is 0 Å². The normalized spacial score (nSPS) is 39.2. The lowest BCUT2D eigenvalue weighted by molar-refractivity contribution is 0.0894. The largest absolute Gasteiger partial charge is 0.242 e. The Kier molecular flexibility index (Phi) is 2.64. The van der Waals surface area contributed by atoms with Crippen LogP contribution in [0, 0.1) is 11.8 Å². The number of nitrogens with one attached hydrogen (secondary N) is 1. The van der Waals surface area contributed by atoms with E-state index in [-0.39, 0.29) is 10.8 Å². The molecule has 3 rings (SSSR count). The van der Waals surface area contributed by atoms with Gasteiger partial charge in [0.15, 0.2) is 0 Å². The molecule has 0 bridgehead atoms. The highest BCUT2D eigenvalue weighted by molar-refractivity contribution is 7.84. The lowest BCUT2D eigenvalue weighted by Gasteiger charge is -2.54. The molecule has 1 saturated carbocycles. The minimum Gasteiger partial charge on any atom is -0.242 e. The molecule has 1 N–H and O–H groups in total. The fourth-order valence-corrected chi connectivity index (χ4v) is 4.67. The van der Waals surface area contributed by atoms with Crippen molar-refractivity contribution in [2.45, 2.75) is 37.5 Å². The van der Waals surface area contributed by atoms with E-state index in [4.69, 9.17) is 0 Å². The Morgan fingerprint density at radius 2 is 1.94 bits per heavy atom. The third-order valence-corrected chi connectivity index (χ3v) is 6.25. The summed E-state index contributed by atoms with van der Waals surface area (Å²) < 4.78 is 15.5. The van der Waals surface area contributed by atoms with Gasteiger partial charge in [0, 0.05) is 6.04 Å². The van der Waals surface area contributed by atoms with Gasteiger partial charge in [0.2, 0.25) is 0 Å². The van der Waals surface area contributed by atoms with Crippen molar-refractivity contribution in [1.82, 2.24) is 4.72 Å². The SMILES string of the molecule is CC1(C)C2CCC2[C@@H](c2ccccc2)NS1=O. The first-order valence-electron chi connectivity index (χ1n) is 6.33. The Hall–Kier alpha value is -0.670. The second-order valence-corrected chi connectivity index (χ2v) is 7.55. The van der Waals surface area contributed by atoms with Crippen molar-refractivity contribution in [2.75, 3.05) is 0 Å². The Morgan fingerprint density at radius 1 is 1.24 bits per heavy atom. The Balaban J connectivity index is 1.92. The van der Waals surface area contributed by atoms with Gasteiger partial charge in [-0.25, -0.2) is 8.93 Å². The van der Waals surface area contributed by atoms with E-state index < -0.39 is 11.0 Å². The van der Waals surface area contributed by atoms with E-state index in [0.29, 0.717) is 11.8 Å². The topological polar surface area (TPSA) is 29.1 Å². The van der Waals surface area contributed by atoms with E-state index in [9.17, 15) is 4.21 Å². The van der Waals surface area contributed by atoms with Crippen LogP contribution < -0.4 is 4.72 Å². The van der Waals surface area contributed by atoms with Crippen LogP contribution in [0.2, 0.25) is 0 Å². The van der Waals surface area contributed by atoms with Gasteiger partial charge in [0.25, 0.3) is 0 Å². The zero-order valence-corrected chi connectivity index (χ0v) is 11.2. The highest BCUT2D eigenvalue weighted by Crippen LogP contribution is 2.53. The van der Waals surface area contributed by atoms with Gasteiger partial charge in [0.05, 0.1) is 15.7 Å². The van der Waals surface area contributed by atoms with Crippen molar-refractivity contribution in [3.8, 4) is 0 Å². The van der Waals surface area contributed by atoms with Gasteiger partial charge in [-0.05, 0) is 44.1 Å². The average molecular weight is 249 g/mol. The third kappa shape index (κ3) is 1.67. The van der Waals surface area contributed by atoms with Crippen LogP contribution in [-0.2, 0) is 11.0 Å². The minimum atomic E-state index is -0.931. The van der Waals surface area contributed by atoms with Crippen molar-refractivity contribution in [1.29, 1.82) is 0 Å². The summed E-state index contributed by atoms with van der Waals surface area (Å²) in [5.74, 6) is 1.26. The molecule has 0 spiro atoms. The van der Waals surface area contributed by atoms with Gasteiger partial charge >= 0.3 is 0 Å². The van der Waals surface area contributed by atoms with Gasteiger partial charge in [-0.15, -0.1) is 0 Å². The van der Waals surface area contributed by atoms with Crippen LogP contribution in [0.5, 0.6) is 0 Å². The molecule has 17 heavy (non-hydrogen) atoms. The Morgan fingerprint density at radius 3 is 2.53 bits per heavy atom. The molecule has 0 amide bonds. The first kappa shape index (κ1) is 11.4. The summed E-state index contributed by atoms with van der Waals surface area (Å²) in [7, 11) is -0.931. The highest BCUT2D eigenvalue weighted by atomic mass is 32.2. The molecular weight excluding hydrogens is 230 g/mol. The van der Waals surface area contributed by atoms with Crippen molar-refractivity contribution >= 4 is 11.0 Å². The number of benzene rings is 1. The van der Waals surface area contributed by atoms with E-state index in [1.807, 2.05) is 6.07 Å². The molecular formula is C14H19NOS. The maximum absolute atomic E-state index is 12.3. The standard InChI is InChI=1S/C14H19NOS/c1-14(2)12-9-8-11(12)13(15-17(14)16)10-6-4-3-5-7-10/h3-7,11-13,15H,8-9H2,1-2H3/t11?,12?,13-,17?/m1/s1. The predicted molar refractivity (Wildman–Crippen MR) is 70.8 cm³/mol. The zero-order valence-electron chi connectivity index (χ0n) is 10.3. The number of hydrogen-bond donors (Lipinski definition) is 1. The van der Waals surface area contributed by atoms with E-state index in [0.717, 1.165) is 0 Å². The van der Waals surface area contributed by atoms with E-state index in [1.165, 1.54) is 18.4 Å². The molecule has 3 unspecified atom stereocenters. The maximum atomic E-state index is 12.3.